The highest BCUT2D eigenvalue weighted by Gasteiger charge is 2.32. The second kappa shape index (κ2) is 9.04. The molecule has 13 heteroatoms. The third-order valence-corrected chi connectivity index (χ3v) is 5.23. The molecule has 0 radical (unpaired) electrons. The number of H-pyrrole nitrogens is 1. The lowest BCUT2D eigenvalue weighted by atomic mass is 10.1. The Balaban J connectivity index is 1.85. The highest BCUT2D eigenvalue weighted by Crippen LogP contribution is 2.43. The lowest BCUT2D eigenvalue weighted by molar-refractivity contribution is -0.137. The number of fused-ring (bicyclic) bond motifs is 1. The third-order valence-electron chi connectivity index (χ3n) is 4.92. The molecule has 182 valence electrons. The van der Waals surface area contributed by atoms with Crippen molar-refractivity contribution in [1.82, 2.24) is 10.2 Å². The number of ether oxygens (including phenoxy) is 1. The number of carbonyl (C=O) groups excluding carboxylic acids is 1. The number of rotatable bonds is 5. The first kappa shape index (κ1) is 24.2. The normalized spacial score (nSPS) is 11.6. The van der Waals surface area contributed by atoms with Crippen LogP contribution < -0.4 is 15.8 Å². The third kappa shape index (κ3) is 4.84. The summed E-state index contributed by atoms with van der Waals surface area (Å²) in [4.78, 5) is 12.8. The minimum Gasteiger partial charge on any atom is -0.453 e. The van der Waals surface area contributed by atoms with Gasteiger partial charge in [0.05, 0.1) is 33.8 Å². The Bertz CT molecular complexity index is 1460. The molecule has 4 aromatic rings. The van der Waals surface area contributed by atoms with Gasteiger partial charge in [-0.05, 0) is 36.4 Å². The lowest BCUT2D eigenvalue weighted by Crippen LogP contribution is -2.15. The predicted molar refractivity (Wildman–Crippen MR) is 117 cm³/mol. The maximum atomic E-state index is 13.8. The average Bonchev–Trinajstić information content (AvgIpc) is 3.18. The molecule has 7 nitrogen and oxygen atoms in total. The predicted octanol–water partition coefficient (Wildman–Crippen LogP) is 5.63. The van der Waals surface area contributed by atoms with Gasteiger partial charge in [0, 0.05) is 17.2 Å². The van der Waals surface area contributed by atoms with Crippen LogP contribution in [0.15, 0.2) is 42.5 Å². The number of hydrogen-bond donors (Lipinski definition) is 4. The highest BCUT2D eigenvalue weighted by atomic mass is 35.5. The van der Waals surface area contributed by atoms with Crippen LogP contribution in [0.2, 0.25) is 5.02 Å². The van der Waals surface area contributed by atoms with Crippen LogP contribution in [-0.2, 0) is 12.8 Å². The Morgan fingerprint density at radius 2 is 1.89 bits per heavy atom. The van der Waals surface area contributed by atoms with Crippen molar-refractivity contribution in [3.63, 3.8) is 0 Å². The van der Waals surface area contributed by atoms with Crippen molar-refractivity contribution in [2.75, 3.05) is 11.1 Å². The van der Waals surface area contributed by atoms with Crippen molar-refractivity contribution < 1.29 is 36.6 Å². The summed E-state index contributed by atoms with van der Waals surface area (Å²) in [5.74, 6) is -3.60. The molecule has 0 saturated heterocycles. The second-order valence-corrected chi connectivity index (χ2v) is 7.69. The number of aromatic amines is 1. The molecule has 5 N–H and O–H groups in total. The van der Waals surface area contributed by atoms with Gasteiger partial charge < -0.3 is 20.9 Å². The number of halogens is 6. The molecule has 0 saturated carbocycles. The van der Waals surface area contributed by atoms with Crippen LogP contribution >= 0.6 is 11.6 Å². The fourth-order valence-electron chi connectivity index (χ4n) is 3.33. The first-order valence-electron chi connectivity index (χ1n) is 9.70. The van der Waals surface area contributed by atoms with Crippen molar-refractivity contribution in [2.24, 2.45) is 0 Å². The Morgan fingerprint density at radius 1 is 1.14 bits per heavy atom. The minimum absolute atomic E-state index is 0.00919. The van der Waals surface area contributed by atoms with E-state index in [1.54, 1.807) is 0 Å². The number of carbonyl (C=O) groups is 1. The van der Waals surface area contributed by atoms with Crippen LogP contribution in [0.5, 0.6) is 11.5 Å². The van der Waals surface area contributed by atoms with E-state index in [1.807, 2.05) is 0 Å². The molecule has 0 aliphatic heterocycles. The van der Waals surface area contributed by atoms with Gasteiger partial charge in [0.2, 0.25) is 0 Å². The van der Waals surface area contributed by atoms with Crippen molar-refractivity contribution in [3.8, 4) is 11.5 Å². The van der Waals surface area contributed by atoms with E-state index in [-0.39, 0.29) is 50.6 Å². The van der Waals surface area contributed by atoms with E-state index in [1.165, 1.54) is 12.1 Å². The molecule has 35 heavy (non-hydrogen) atoms. The largest absolute Gasteiger partial charge is 0.453 e. The number of aliphatic hydroxyl groups excluding tert-OH is 1. The number of amides is 1. The smallest absolute Gasteiger partial charge is 0.416 e. The molecular formula is C22H14ClF5N4O3. The Morgan fingerprint density at radius 3 is 2.57 bits per heavy atom. The van der Waals surface area contributed by atoms with Crippen molar-refractivity contribution in [3.05, 3.63) is 75.8 Å². The zero-order chi connectivity index (χ0) is 25.5. The zero-order valence-electron chi connectivity index (χ0n) is 17.3. The zero-order valence-corrected chi connectivity index (χ0v) is 18.1. The van der Waals surface area contributed by atoms with Crippen LogP contribution in [0.1, 0.15) is 21.5 Å². The van der Waals surface area contributed by atoms with E-state index in [2.05, 4.69) is 15.5 Å². The van der Waals surface area contributed by atoms with Crippen LogP contribution in [0.3, 0.4) is 0 Å². The molecule has 0 aliphatic carbocycles. The summed E-state index contributed by atoms with van der Waals surface area (Å²) in [5.41, 5.74) is 4.14. The Hall–Kier alpha value is -3.90. The molecule has 1 aromatic heterocycles. The quantitative estimate of drug-likeness (QED) is 0.259. The van der Waals surface area contributed by atoms with Crippen LogP contribution in [0, 0.1) is 11.6 Å². The summed E-state index contributed by atoms with van der Waals surface area (Å²) < 4.78 is 72.6. The van der Waals surface area contributed by atoms with Gasteiger partial charge in [0.1, 0.15) is 17.4 Å². The van der Waals surface area contributed by atoms with Gasteiger partial charge in [-0.2, -0.15) is 18.3 Å². The molecule has 1 amide bonds. The number of aromatic nitrogens is 2. The fourth-order valence-corrected chi connectivity index (χ4v) is 3.49. The topological polar surface area (TPSA) is 113 Å². The van der Waals surface area contributed by atoms with Crippen LogP contribution in [0.25, 0.3) is 10.9 Å². The lowest BCUT2D eigenvalue weighted by Gasteiger charge is -2.17. The van der Waals surface area contributed by atoms with E-state index in [0.717, 1.165) is 12.1 Å². The summed E-state index contributed by atoms with van der Waals surface area (Å²) in [5, 5.41) is 18.6. The summed E-state index contributed by atoms with van der Waals surface area (Å²) in [6.45, 7) is -0.555. The first-order chi connectivity index (χ1) is 16.5. The average molecular weight is 513 g/mol. The molecule has 0 bridgehead atoms. The highest BCUT2D eigenvalue weighted by molar-refractivity contribution is 6.32. The molecule has 0 unspecified atom stereocenters. The number of nitrogens with zero attached hydrogens (tertiary/aromatic N) is 1. The number of aliphatic hydroxyl groups is 1. The fraction of sp³-hybridized carbons (Fsp3) is 0.0909. The van der Waals surface area contributed by atoms with Gasteiger partial charge >= 0.3 is 6.18 Å². The van der Waals surface area contributed by atoms with Gasteiger partial charge in [-0.25, -0.2) is 8.78 Å². The maximum Gasteiger partial charge on any atom is 0.416 e. The number of nitrogen functional groups attached to an aromatic ring is 1. The summed E-state index contributed by atoms with van der Waals surface area (Å²) >= 11 is 6.08. The first-order valence-corrected chi connectivity index (χ1v) is 10.1. The monoisotopic (exact) mass is 512 g/mol. The molecular weight excluding hydrogens is 499 g/mol. The van der Waals surface area contributed by atoms with Gasteiger partial charge in [0.25, 0.3) is 5.91 Å². The summed E-state index contributed by atoms with van der Waals surface area (Å²) in [7, 11) is 0. The SMILES string of the molecule is Nc1n[nH]c2c(CO)cc(NC(=O)c3cc(F)cc(C(F)(F)F)c3)c(Oc3cc(F)ccc3Cl)c12. The van der Waals surface area contributed by atoms with E-state index in [9.17, 15) is 31.9 Å². The number of benzene rings is 3. The maximum absolute atomic E-state index is 13.8. The molecule has 0 atom stereocenters. The van der Waals surface area contributed by atoms with E-state index >= 15 is 0 Å². The van der Waals surface area contributed by atoms with E-state index in [4.69, 9.17) is 22.1 Å². The number of alkyl halides is 3. The molecule has 0 aliphatic rings. The van der Waals surface area contributed by atoms with Gasteiger partial charge in [-0.15, -0.1) is 0 Å². The van der Waals surface area contributed by atoms with Gasteiger partial charge in [-0.3, -0.25) is 9.89 Å². The van der Waals surface area contributed by atoms with Crippen LogP contribution in [0.4, 0.5) is 33.5 Å². The van der Waals surface area contributed by atoms with Gasteiger partial charge in [-0.1, -0.05) is 11.6 Å². The van der Waals surface area contributed by atoms with E-state index < -0.39 is 41.5 Å². The number of nitrogens with two attached hydrogens (primary N) is 1. The second-order valence-electron chi connectivity index (χ2n) is 7.29. The standard InChI is InChI=1S/C22H14ClF5N4O3/c23-14-2-1-12(24)7-16(14)35-19-15(5-10(8-33)18-17(19)20(29)32-31-18)30-21(34)9-3-11(22(26,27)28)6-13(25)4-9/h1-7,33H,8H2,(H,30,34)(H3,29,31,32). The minimum atomic E-state index is -4.90. The summed E-state index contributed by atoms with van der Waals surface area (Å²) in [6.07, 6.45) is -4.90. The molecule has 3 aromatic carbocycles. The molecule has 4 rings (SSSR count). The van der Waals surface area contributed by atoms with Crippen molar-refractivity contribution in [2.45, 2.75) is 12.8 Å². The molecule has 0 fully saturated rings. The number of anilines is 2. The summed E-state index contributed by atoms with van der Waals surface area (Å²) in [6, 6.07) is 5.83. The number of nitrogens with one attached hydrogen (secondary N) is 2. The molecule has 1 heterocycles. The van der Waals surface area contributed by atoms with Gasteiger partial charge in [0.15, 0.2) is 11.6 Å². The van der Waals surface area contributed by atoms with E-state index in [0.29, 0.717) is 12.1 Å². The number of hydrogen-bond acceptors (Lipinski definition) is 5. The molecule has 0 spiro atoms. The Labute approximate surface area is 198 Å². The van der Waals surface area contributed by atoms with Crippen LogP contribution in [-0.4, -0.2) is 21.2 Å². The van der Waals surface area contributed by atoms with Crippen molar-refractivity contribution in [1.29, 1.82) is 0 Å². The van der Waals surface area contributed by atoms with Crippen molar-refractivity contribution >= 4 is 39.9 Å². The Kier molecular flexibility index (Phi) is 6.26.